The molecule has 124 valence electrons. The summed E-state index contributed by atoms with van der Waals surface area (Å²) in [6, 6.07) is 19.4. The minimum atomic E-state index is -0.607. The molecule has 0 saturated heterocycles. The van der Waals surface area contributed by atoms with Crippen molar-refractivity contribution in [3.05, 3.63) is 99.1 Å². The molecule has 3 aromatic rings. The lowest BCUT2D eigenvalue weighted by Gasteiger charge is -2.10. The zero-order valence-corrected chi connectivity index (χ0v) is 13.6. The molecule has 0 unspecified atom stereocenters. The molecule has 0 aliphatic heterocycles. The molecule has 0 radical (unpaired) electrons. The van der Waals surface area contributed by atoms with Crippen molar-refractivity contribution in [2.45, 2.75) is 0 Å². The van der Waals surface area contributed by atoms with Gasteiger partial charge < -0.3 is 4.74 Å². The molecular weight excluding hydrogens is 342 g/mol. The first kappa shape index (κ1) is 16.7. The van der Waals surface area contributed by atoms with Gasteiger partial charge in [-0.15, -0.1) is 0 Å². The van der Waals surface area contributed by atoms with Crippen molar-refractivity contribution in [1.82, 2.24) is 0 Å². The minimum absolute atomic E-state index is 0.0818. The molecule has 0 fully saturated rings. The van der Waals surface area contributed by atoms with E-state index in [0.29, 0.717) is 11.5 Å². The van der Waals surface area contributed by atoms with Crippen molar-refractivity contribution in [3.8, 4) is 11.5 Å². The van der Waals surface area contributed by atoms with Gasteiger partial charge in [0.2, 0.25) is 5.78 Å². The number of carbonyl (C=O) groups excluding carboxylic acids is 1. The van der Waals surface area contributed by atoms with Crippen LogP contribution >= 0.6 is 11.6 Å². The van der Waals surface area contributed by atoms with Crippen LogP contribution in [-0.4, -0.2) is 10.7 Å². The first-order valence-electron chi connectivity index (χ1n) is 7.37. The van der Waals surface area contributed by atoms with Crippen molar-refractivity contribution in [3.63, 3.8) is 0 Å². The van der Waals surface area contributed by atoms with E-state index in [-0.39, 0.29) is 21.8 Å². The fraction of sp³-hybridized carbons (Fsp3) is 0. The van der Waals surface area contributed by atoms with Crippen LogP contribution in [0.4, 0.5) is 5.69 Å². The third-order valence-corrected chi connectivity index (χ3v) is 3.74. The van der Waals surface area contributed by atoms with Crippen LogP contribution in [-0.2, 0) is 0 Å². The van der Waals surface area contributed by atoms with E-state index in [4.69, 9.17) is 16.3 Å². The lowest BCUT2D eigenvalue weighted by molar-refractivity contribution is -0.385. The van der Waals surface area contributed by atoms with Gasteiger partial charge in [-0.25, -0.2) is 0 Å². The molecular formula is C19H12ClNO4. The first-order chi connectivity index (χ1) is 12.1. The monoisotopic (exact) mass is 353 g/mol. The van der Waals surface area contributed by atoms with Gasteiger partial charge in [0.05, 0.1) is 10.5 Å². The number of hydrogen-bond donors (Lipinski definition) is 0. The fourth-order valence-corrected chi connectivity index (χ4v) is 2.53. The van der Waals surface area contributed by atoms with Crippen LogP contribution in [0.1, 0.15) is 15.9 Å². The second-order valence-electron chi connectivity index (χ2n) is 5.16. The Kier molecular flexibility index (Phi) is 4.77. The van der Waals surface area contributed by atoms with Gasteiger partial charge in [-0.3, -0.25) is 14.9 Å². The zero-order valence-electron chi connectivity index (χ0n) is 12.9. The Morgan fingerprint density at radius 3 is 2.32 bits per heavy atom. The molecule has 5 nitrogen and oxygen atoms in total. The lowest BCUT2D eigenvalue weighted by atomic mass is 10.0. The van der Waals surface area contributed by atoms with Gasteiger partial charge in [-0.05, 0) is 36.4 Å². The molecule has 0 aliphatic carbocycles. The molecule has 25 heavy (non-hydrogen) atoms. The highest BCUT2D eigenvalue weighted by Crippen LogP contribution is 2.31. The highest BCUT2D eigenvalue weighted by Gasteiger charge is 2.24. The predicted molar refractivity (Wildman–Crippen MR) is 94.5 cm³/mol. The first-order valence-corrected chi connectivity index (χ1v) is 7.74. The maximum absolute atomic E-state index is 12.9. The van der Waals surface area contributed by atoms with Crippen LogP contribution in [0.5, 0.6) is 11.5 Å². The van der Waals surface area contributed by atoms with Crippen LogP contribution in [0.2, 0.25) is 5.02 Å². The number of ketones is 1. The van der Waals surface area contributed by atoms with E-state index >= 15 is 0 Å². The number of nitro groups is 1. The summed E-state index contributed by atoms with van der Waals surface area (Å²) in [6.45, 7) is 0. The number of nitrogens with zero attached hydrogens (tertiary/aromatic N) is 1. The Morgan fingerprint density at radius 2 is 1.60 bits per heavy atom. The van der Waals surface area contributed by atoms with Gasteiger partial charge in [-0.1, -0.05) is 41.9 Å². The largest absolute Gasteiger partial charge is 0.457 e. The maximum atomic E-state index is 12.9. The molecule has 0 aromatic heterocycles. The van der Waals surface area contributed by atoms with E-state index in [1.54, 1.807) is 36.4 Å². The summed E-state index contributed by atoms with van der Waals surface area (Å²) in [6.07, 6.45) is 0. The van der Waals surface area contributed by atoms with Gasteiger partial charge in [0.15, 0.2) is 0 Å². The summed E-state index contributed by atoms with van der Waals surface area (Å²) in [7, 11) is 0. The van der Waals surface area contributed by atoms with Crippen LogP contribution < -0.4 is 4.74 Å². The normalized spacial score (nSPS) is 10.3. The number of nitro benzene ring substituents is 1. The van der Waals surface area contributed by atoms with E-state index in [9.17, 15) is 14.9 Å². The third kappa shape index (κ3) is 3.67. The molecule has 3 aromatic carbocycles. The predicted octanol–water partition coefficient (Wildman–Crippen LogP) is 5.27. The van der Waals surface area contributed by atoms with Crippen molar-refractivity contribution in [2.24, 2.45) is 0 Å². The Balaban J connectivity index is 2.04. The smallest absolute Gasteiger partial charge is 0.280 e. The van der Waals surface area contributed by atoms with Gasteiger partial charge in [0, 0.05) is 11.1 Å². The minimum Gasteiger partial charge on any atom is -0.457 e. The molecule has 0 spiro atoms. The number of ether oxygens (including phenoxy) is 1. The Bertz CT molecular complexity index is 941. The van der Waals surface area contributed by atoms with Crippen LogP contribution in [0.15, 0.2) is 72.8 Å². The molecule has 0 saturated carbocycles. The molecule has 0 heterocycles. The zero-order chi connectivity index (χ0) is 17.8. The van der Waals surface area contributed by atoms with E-state index < -0.39 is 10.7 Å². The SMILES string of the molecule is O=C(c1ccccc1Oc1ccccc1)c1cc(Cl)ccc1[N+](=O)[O-]. The molecule has 0 bridgehead atoms. The summed E-state index contributed by atoms with van der Waals surface area (Å²) in [5.41, 5.74) is -0.165. The summed E-state index contributed by atoms with van der Waals surface area (Å²) < 4.78 is 5.76. The average Bonchev–Trinajstić information content (AvgIpc) is 2.62. The number of hydrogen-bond acceptors (Lipinski definition) is 4. The van der Waals surface area contributed by atoms with Crippen molar-refractivity contribution in [2.75, 3.05) is 0 Å². The standard InChI is InChI=1S/C19H12ClNO4/c20-13-10-11-17(21(23)24)16(12-13)19(22)15-8-4-5-9-18(15)25-14-6-2-1-3-7-14/h1-12H. The number of para-hydroxylation sites is 2. The van der Waals surface area contributed by atoms with E-state index in [2.05, 4.69) is 0 Å². The van der Waals surface area contributed by atoms with Gasteiger partial charge in [0.1, 0.15) is 17.1 Å². The topological polar surface area (TPSA) is 69.4 Å². The van der Waals surface area contributed by atoms with Crippen LogP contribution in [0.25, 0.3) is 0 Å². The summed E-state index contributed by atoms with van der Waals surface area (Å²) in [5.74, 6) is 0.344. The number of benzene rings is 3. The maximum Gasteiger partial charge on any atom is 0.280 e. The quantitative estimate of drug-likeness (QED) is 0.356. The fourth-order valence-electron chi connectivity index (χ4n) is 2.35. The highest BCUT2D eigenvalue weighted by molar-refractivity contribution is 6.31. The van der Waals surface area contributed by atoms with Crippen LogP contribution in [0.3, 0.4) is 0 Å². The summed E-state index contributed by atoms with van der Waals surface area (Å²) in [5, 5.41) is 11.5. The number of carbonyl (C=O) groups is 1. The van der Waals surface area contributed by atoms with Gasteiger partial charge in [0.25, 0.3) is 5.69 Å². The van der Waals surface area contributed by atoms with Crippen molar-refractivity contribution < 1.29 is 14.5 Å². The molecule has 6 heteroatoms. The summed E-state index contributed by atoms with van der Waals surface area (Å²) >= 11 is 5.92. The third-order valence-electron chi connectivity index (χ3n) is 3.50. The molecule has 0 amide bonds. The van der Waals surface area contributed by atoms with E-state index in [1.165, 1.54) is 18.2 Å². The van der Waals surface area contributed by atoms with Gasteiger partial charge >= 0.3 is 0 Å². The highest BCUT2D eigenvalue weighted by atomic mass is 35.5. The Labute approximate surface area is 148 Å². The molecule has 0 atom stereocenters. The second-order valence-corrected chi connectivity index (χ2v) is 5.60. The summed E-state index contributed by atoms with van der Waals surface area (Å²) in [4.78, 5) is 23.5. The van der Waals surface area contributed by atoms with Gasteiger partial charge in [-0.2, -0.15) is 0 Å². The molecule has 0 aliphatic rings. The van der Waals surface area contributed by atoms with Crippen LogP contribution in [0, 0.1) is 10.1 Å². The number of halogens is 1. The Hall–Kier alpha value is -3.18. The molecule has 0 N–H and O–H groups in total. The van der Waals surface area contributed by atoms with E-state index in [0.717, 1.165) is 0 Å². The Morgan fingerprint density at radius 1 is 0.920 bits per heavy atom. The lowest BCUT2D eigenvalue weighted by Crippen LogP contribution is -2.07. The van der Waals surface area contributed by atoms with Crippen molar-refractivity contribution >= 4 is 23.1 Å². The van der Waals surface area contributed by atoms with E-state index in [1.807, 2.05) is 18.2 Å². The molecule has 3 rings (SSSR count). The second kappa shape index (κ2) is 7.15. The average molecular weight is 354 g/mol. The number of rotatable bonds is 5. The van der Waals surface area contributed by atoms with Crippen molar-refractivity contribution in [1.29, 1.82) is 0 Å².